The Hall–Kier alpha value is -1.72. The maximum Gasteiger partial charge on any atom is 0.251 e. The molecule has 31 heavy (non-hydrogen) atoms. The summed E-state index contributed by atoms with van der Waals surface area (Å²) in [6, 6.07) is 7.63. The number of rotatable bonds is 8. The van der Waals surface area contributed by atoms with E-state index < -0.39 is 0 Å². The van der Waals surface area contributed by atoms with Crippen LogP contribution in [0.5, 0.6) is 0 Å². The molecule has 3 N–H and O–H groups in total. The van der Waals surface area contributed by atoms with Gasteiger partial charge in [0.15, 0.2) is 5.96 Å². The topological polar surface area (TPSA) is 87.6 Å². The van der Waals surface area contributed by atoms with Crippen molar-refractivity contribution in [3.05, 3.63) is 51.5 Å². The van der Waals surface area contributed by atoms with Crippen LogP contribution in [0.25, 0.3) is 0 Å². The molecule has 0 aliphatic carbocycles. The zero-order valence-corrected chi connectivity index (χ0v) is 21.5. The van der Waals surface area contributed by atoms with Gasteiger partial charge in [0, 0.05) is 37.7 Å². The maximum atomic E-state index is 12.4. The van der Waals surface area contributed by atoms with E-state index in [1.54, 1.807) is 18.4 Å². The lowest BCUT2D eigenvalue weighted by Gasteiger charge is -2.13. The number of hydrogen-bond donors (Lipinski definition) is 3. The third-order valence-corrected chi connectivity index (χ3v) is 5.82. The Bertz CT molecular complexity index is 865. The fraction of sp³-hybridized carbons (Fsp3) is 0.500. The van der Waals surface area contributed by atoms with Crippen molar-refractivity contribution in [3.8, 4) is 0 Å². The number of halogens is 1. The smallest absolute Gasteiger partial charge is 0.251 e. The van der Waals surface area contributed by atoms with Crippen LogP contribution in [0.4, 0.5) is 0 Å². The molecule has 2 aromatic rings. The van der Waals surface area contributed by atoms with E-state index in [1.807, 2.05) is 24.3 Å². The largest absolute Gasteiger partial charge is 0.376 e. The van der Waals surface area contributed by atoms with E-state index in [4.69, 9.17) is 4.74 Å². The number of guanidine groups is 1. The Balaban J connectivity index is 0.00000341. The first-order valence-corrected chi connectivity index (χ1v) is 11.3. The summed E-state index contributed by atoms with van der Waals surface area (Å²) >= 11 is 1.65. The lowest BCUT2D eigenvalue weighted by Crippen LogP contribution is -2.36. The molecule has 1 aromatic carbocycles. The molecular weight excluding hydrogens is 525 g/mol. The highest BCUT2D eigenvalue weighted by molar-refractivity contribution is 14.0. The third kappa shape index (κ3) is 8.04. The molecule has 3 rings (SSSR count). The summed E-state index contributed by atoms with van der Waals surface area (Å²) in [4.78, 5) is 21.3. The molecule has 9 heteroatoms. The fourth-order valence-electron chi connectivity index (χ4n) is 3.17. The lowest BCUT2D eigenvalue weighted by atomic mass is 10.1. The number of amides is 1. The summed E-state index contributed by atoms with van der Waals surface area (Å²) in [5.41, 5.74) is 2.78. The maximum absolute atomic E-state index is 12.4. The molecular formula is C22H32IN5O2S. The number of hydrogen-bond acceptors (Lipinski definition) is 5. The van der Waals surface area contributed by atoms with Crippen molar-refractivity contribution in [2.24, 2.45) is 4.99 Å². The Morgan fingerprint density at radius 2 is 2.10 bits per heavy atom. The molecule has 7 nitrogen and oxygen atoms in total. The highest BCUT2D eigenvalue weighted by Gasteiger charge is 2.16. The zero-order valence-electron chi connectivity index (χ0n) is 18.3. The van der Waals surface area contributed by atoms with Crippen molar-refractivity contribution >= 4 is 47.2 Å². The Morgan fingerprint density at radius 3 is 2.77 bits per heavy atom. The van der Waals surface area contributed by atoms with E-state index >= 15 is 0 Å². The fourth-order valence-corrected chi connectivity index (χ4v) is 4.07. The van der Waals surface area contributed by atoms with Crippen LogP contribution >= 0.6 is 35.3 Å². The number of ether oxygens (including phenoxy) is 1. The first-order chi connectivity index (χ1) is 14.5. The highest BCUT2D eigenvalue weighted by atomic mass is 127. The van der Waals surface area contributed by atoms with E-state index in [1.165, 1.54) is 0 Å². The monoisotopic (exact) mass is 557 g/mol. The molecule has 0 saturated carbocycles. The lowest BCUT2D eigenvalue weighted by molar-refractivity contribution is 0.0857. The zero-order chi connectivity index (χ0) is 21.3. The Morgan fingerprint density at radius 1 is 1.29 bits per heavy atom. The number of thiazole rings is 1. The van der Waals surface area contributed by atoms with Gasteiger partial charge >= 0.3 is 0 Å². The summed E-state index contributed by atoms with van der Waals surface area (Å²) in [5.74, 6) is 1.06. The molecule has 1 aliphatic rings. The number of nitrogens with one attached hydrogen (secondary N) is 3. The summed E-state index contributed by atoms with van der Waals surface area (Å²) in [7, 11) is 1.74. The van der Waals surface area contributed by atoms with E-state index in [0.717, 1.165) is 35.7 Å². The molecule has 1 fully saturated rings. The number of benzene rings is 1. The molecule has 1 atom stereocenters. The average molecular weight is 558 g/mol. The van der Waals surface area contributed by atoms with E-state index in [-0.39, 0.29) is 36.0 Å². The van der Waals surface area contributed by atoms with Gasteiger partial charge < -0.3 is 20.7 Å². The van der Waals surface area contributed by atoms with Gasteiger partial charge in [-0.1, -0.05) is 26.0 Å². The minimum absolute atomic E-state index is 0. The predicted molar refractivity (Wildman–Crippen MR) is 136 cm³/mol. The highest BCUT2D eigenvalue weighted by Crippen LogP contribution is 2.17. The van der Waals surface area contributed by atoms with Crippen LogP contribution in [-0.2, 0) is 17.8 Å². The van der Waals surface area contributed by atoms with Crippen LogP contribution in [-0.4, -0.2) is 43.2 Å². The van der Waals surface area contributed by atoms with Crippen molar-refractivity contribution in [1.82, 2.24) is 20.9 Å². The van der Waals surface area contributed by atoms with Gasteiger partial charge in [-0.05, 0) is 36.5 Å². The van der Waals surface area contributed by atoms with Gasteiger partial charge in [-0.3, -0.25) is 9.79 Å². The van der Waals surface area contributed by atoms with Crippen LogP contribution in [0, 0.1) is 0 Å². The van der Waals surface area contributed by atoms with E-state index in [0.29, 0.717) is 37.1 Å². The van der Waals surface area contributed by atoms with Crippen LogP contribution in [0.2, 0.25) is 0 Å². The molecule has 1 saturated heterocycles. The number of carbonyl (C=O) groups is 1. The SMILES string of the molecule is CN=C(NCc1cccc(C(=O)NCC2CCCO2)c1)NCc1nc(C(C)C)cs1.I. The van der Waals surface area contributed by atoms with Crippen molar-refractivity contribution in [1.29, 1.82) is 0 Å². The molecule has 1 aliphatic heterocycles. The quantitative estimate of drug-likeness (QED) is 0.262. The van der Waals surface area contributed by atoms with Crippen molar-refractivity contribution < 1.29 is 9.53 Å². The van der Waals surface area contributed by atoms with Crippen LogP contribution in [0.1, 0.15) is 59.2 Å². The summed E-state index contributed by atoms with van der Waals surface area (Å²) < 4.78 is 5.56. The molecule has 0 spiro atoms. The van der Waals surface area contributed by atoms with E-state index in [9.17, 15) is 4.79 Å². The molecule has 170 valence electrons. The predicted octanol–water partition coefficient (Wildman–Crippen LogP) is 3.66. The minimum atomic E-state index is -0.0698. The first-order valence-electron chi connectivity index (χ1n) is 10.4. The number of aromatic nitrogens is 1. The van der Waals surface area contributed by atoms with Gasteiger partial charge in [-0.15, -0.1) is 35.3 Å². The van der Waals surface area contributed by atoms with Crippen LogP contribution < -0.4 is 16.0 Å². The van der Waals surface area contributed by atoms with Crippen LogP contribution in [0.15, 0.2) is 34.6 Å². The Labute approximate surface area is 205 Å². The summed E-state index contributed by atoms with van der Waals surface area (Å²) in [5, 5.41) is 12.7. The van der Waals surface area contributed by atoms with E-state index in [2.05, 4.69) is 45.2 Å². The second-order valence-corrected chi connectivity index (χ2v) is 8.59. The summed E-state index contributed by atoms with van der Waals surface area (Å²) in [6.45, 7) is 6.84. The van der Waals surface area contributed by atoms with Gasteiger partial charge in [-0.25, -0.2) is 4.98 Å². The molecule has 0 bridgehead atoms. The van der Waals surface area contributed by atoms with Gasteiger partial charge in [0.2, 0.25) is 0 Å². The van der Waals surface area contributed by atoms with Gasteiger partial charge in [0.05, 0.1) is 18.3 Å². The van der Waals surface area contributed by atoms with Gasteiger partial charge in [0.1, 0.15) is 5.01 Å². The van der Waals surface area contributed by atoms with Gasteiger partial charge in [0.25, 0.3) is 5.91 Å². The van der Waals surface area contributed by atoms with Crippen LogP contribution in [0.3, 0.4) is 0 Å². The van der Waals surface area contributed by atoms with Crippen molar-refractivity contribution in [2.75, 3.05) is 20.2 Å². The Kier molecular flexibility index (Phi) is 10.7. The average Bonchev–Trinajstić information content (AvgIpc) is 3.44. The van der Waals surface area contributed by atoms with Gasteiger partial charge in [-0.2, -0.15) is 0 Å². The first kappa shape index (κ1) is 25.5. The molecule has 1 aromatic heterocycles. The third-order valence-electron chi connectivity index (χ3n) is 4.96. The second kappa shape index (κ2) is 13.0. The number of aliphatic imine (C=N–C) groups is 1. The molecule has 1 amide bonds. The number of nitrogens with zero attached hydrogens (tertiary/aromatic N) is 2. The van der Waals surface area contributed by atoms with Crippen molar-refractivity contribution in [3.63, 3.8) is 0 Å². The molecule has 0 radical (unpaired) electrons. The minimum Gasteiger partial charge on any atom is -0.376 e. The number of carbonyl (C=O) groups excluding carboxylic acids is 1. The molecule has 2 heterocycles. The molecule has 1 unspecified atom stereocenters. The van der Waals surface area contributed by atoms with Crippen molar-refractivity contribution in [2.45, 2.75) is 51.8 Å². The second-order valence-electron chi connectivity index (χ2n) is 7.65. The standard InChI is InChI=1S/C22H31N5O2S.HI/c1-15(2)19-14-30-20(27-19)13-26-22(23-3)25-11-16-6-4-7-17(10-16)21(28)24-12-18-8-5-9-29-18;/h4,6-7,10,14-15,18H,5,8-9,11-13H2,1-3H3,(H,24,28)(H2,23,25,26);1H. The normalized spacial score (nSPS) is 16.1. The summed E-state index contributed by atoms with van der Waals surface area (Å²) in [6.07, 6.45) is 2.22.